The zero-order valence-electron chi connectivity index (χ0n) is 9.35. The van der Waals surface area contributed by atoms with Crippen molar-refractivity contribution in [2.45, 2.75) is 32.8 Å². The molecule has 1 aliphatic rings. The smallest absolute Gasteiger partial charge is 0.356 e. The highest BCUT2D eigenvalue weighted by atomic mass is 31.2. The lowest BCUT2D eigenvalue weighted by Gasteiger charge is -2.19. The van der Waals surface area contributed by atoms with Gasteiger partial charge in [0.2, 0.25) is 0 Å². The van der Waals surface area contributed by atoms with Crippen LogP contribution in [0.5, 0.6) is 0 Å². The van der Waals surface area contributed by atoms with Crippen LogP contribution in [0.3, 0.4) is 0 Å². The Morgan fingerprint density at radius 1 is 1.20 bits per heavy atom. The minimum Gasteiger partial charge on any atom is -0.365 e. The molecule has 0 atom stereocenters. The molecule has 0 fully saturated rings. The van der Waals surface area contributed by atoms with Crippen LogP contribution >= 0.6 is 7.60 Å². The first-order chi connectivity index (χ1) is 7.20. The van der Waals surface area contributed by atoms with Gasteiger partial charge in [0.15, 0.2) is 0 Å². The summed E-state index contributed by atoms with van der Waals surface area (Å²) in [5, 5.41) is 0. The molecule has 15 heavy (non-hydrogen) atoms. The monoisotopic (exact) mass is 234 g/mol. The Hall–Kier alpha value is -0.150. The molecule has 0 spiro atoms. The Morgan fingerprint density at radius 2 is 1.73 bits per heavy atom. The Balaban J connectivity index is 2.33. The molecule has 0 amide bonds. The van der Waals surface area contributed by atoms with Crippen LogP contribution in [0.2, 0.25) is 0 Å². The van der Waals surface area contributed by atoms with Gasteiger partial charge in [-0.25, -0.2) is 0 Å². The van der Waals surface area contributed by atoms with Crippen LogP contribution < -0.4 is 0 Å². The van der Waals surface area contributed by atoms with Crippen molar-refractivity contribution >= 4 is 7.60 Å². The lowest BCUT2D eigenvalue weighted by atomic mass is 10.3. The molecule has 1 rings (SSSR count). The summed E-state index contributed by atoms with van der Waals surface area (Å²) in [7, 11) is -3.02. The van der Waals surface area contributed by atoms with Crippen molar-refractivity contribution in [3.63, 3.8) is 0 Å². The molecule has 0 aromatic rings. The first kappa shape index (κ1) is 12.9. The van der Waals surface area contributed by atoms with E-state index in [0.29, 0.717) is 13.2 Å². The lowest BCUT2D eigenvalue weighted by molar-refractivity contribution is 0.0742. The number of rotatable bonds is 7. The van der Waals surface area contributed by atoms with Gasteiger partial charge in [-0.05, 0) is 26.7 Å². The topological polar surface area (TPSA) is 44.8 Å². The van der Waals surface area contributed by atoms with Gasteiger partial charge in [-0.3, -0.25) is 4.57 Å². The van der Waals surface area contributed by atoms with Gasteiger partial charge in [-0.15, -0.1) is 0 Å². The maximum atomic E-state index is 12.0. The van der Waals surface area contributed by atoms with Crippen LogP contribution in [0.4, 0.5) is 0 Å². The SMILES string of the molecule is CCOP(=O)(COC1CC=CC1)OCC. The fraction of sp³-hybridized carbons (Fsp3) is 0.800. The summed E-state index contributed by atoms with van der Waals surface area (Å²) in [5.41, 5.74) is 0. The van der Waals surface area contributed by atoms with E-state index in [2.05, 4.69) is 12.2 Å². The largest absolute Gasteiger partial charge is 0.365 e. The third kappa shape index (κ3) is 4.47. The Morgan fingerprint density at radius 3 is 2.20 bits per heavy atom. The van der Waals surface area contributed by atoms with Crippen molar-refractivity contribution in [3.8, 4) is 0 Å². The molecule has 5 heteroatoms. The summed E-state index contributed by atoms with van der Waals surface area (Å²) < 4.78 is 27.7. The summed E-state index contributed by atoms with van der Waals surface area (Å²) >= 11 is 0. The third-order valence-corrected chi connectivity index (χ3v) is 3.85. The average Bonchev–Trinajstić information content (AvgIpc) is 2.68. The fourth-order valence-corrected chi connectivity index (χ4v) is 2.83. The number of hydrogen-bond acceptors (Lipinski definition) is 4. The average molecular weight is 234 g/mol. The van der Waals surface area contributed by atoms with Crippen LogP contribution in [-0.4, -0.2) is 25.7 Å². The Labute approximate surface area is 91.1 Å². The summed E-state index contributed by atoms with van der Waals surface area (Å²) in [5.74, 6) is 0. The molecule has 0 unspecified atom stereocenters. The minimum atomic E-state index is -3.02. The van der Waals surface area contributed by atoms with Crippen molar-refractivity contribution in [3.05, 3.63) is 12.2 Å². The van der Waals surface area contributed by atoms with Crippen LogP contribution in [-0.2, 0) is 18.3 Å². The molecule has 0 saturated heterocycles. The van der Waals surface area contributed by atoms with E-state index in [1.165, 1.54) is 0 Å². The first-order valence-electron chi connectivity index (χ1n) is 5.35. The van der Waals surface area contributed by atoms with Gasteiger partial charge in [0.05, 0.1) is 19.3 Å². The van der Waals surface area contributed by atoms with E-state index in [-0.39, 0.29) is 12.5 Å². The van der Waals surface area contributed by atoms with Gasteiger partial charge in [-0.2, -0.15) is 0 Å². The molecule has 88 valence electrons. The Kier molecular flexibility index (Phi) is 5.54. The predicted octanol–water partition coefficient (Wildman–Crippen LogP) is 2.95. The van der Waals surface area contributed by atoms with E-state index in [1.54, 1.807) is 13.8 Å². The molecule has 0 saturated carbocycles. The van der Waals surface area contributed by atoms with E-state index in [0.717, 1.165) is 12.8 Å². The fourth-order valence-electron chi connectivity index (χ4n) is 1.43. The summed E-state index contributed by atoms with van der Waals surface area (Å²) in [4.78, 5) is 0. The van der Waals surface area contributed by atoms with Crippen molar-refractivity contribution < 1.29 is 18.3 Å². The van der Waals surface area contributed by atoms with E-state index >= 15 is 0 Å². The number of hydrogen-bond donors (Lipinski definition) is 0. The highest BCUT2D eigenvalue weighted by Gasteiger charge is 2.25. The molecule has 0 bridgehead atoms. The second kappa shape index (κ2) is 6.44. The summed E-state index contributed by atoms with van der Waals surface area (Å²) in [6.45, 7) is 4.35. The quantitative estimate of drug-likeness (QED) is 0.502. The second-order valence-corrected chi connectivity index (χ2v) is 5.30. The normalized spacial score (nSPS) is 17.5. The maximum Gasteiger partial charge on any atom is 0.356 e. The number of ether oxygens (including phenoxy) is 1. The molecule has 0 aromatic heterocycles. The van der Waals surface area contributed by atoms with Crippen LogP contribution in [0.25, 0.3) is 0 Å². The van der Waals surface area contributed by atoms with Gasteiger partial charge in [0.25, 0.3) is 0 Å². The highest BCUT2D eigenvalue weighted by Crippen LogP contribution is 2.48. The Bertz CT molecular complexity index is 234. The predicted molar refractivity (Wildman–Crippen MR) is 59.0 cm³/mol. The first-order valence-corrected chi connectivity index (χ1v) is 7.07. The minimum absolute atomic E-state index is 0.0566. The van der Waals surface area contributed by atoms with Gasteiger partial charge in [0.1, 0.15) is 6.35 Å². The molecule has 0 radical (unpaired) electrons. The maximum absolute atomic E-state index is 12.0. The molecular weight excluding hydrogens is 215 g/mol. The summed E-state index contributed by atoms with van der Waals surface area (Å²) in [6.07, 6.45) is 6.10. The lowest BCUT2D eigenvalue weighted by Crippen LogP contribution is -2.11. The van der Waals surface area contributed by atoms with E-state index in [9.17, 15) is 4.57 Å². The highest BCUT2D eigenvalue weighted by molar-refractivity contribution is 7.53. The molecule has 0 N–H and O–H groups in total. The van der Waals surface area contributed by atoms with E-state index < -0.39 is 7.60 Å². The van der Waals surface area contributed by atoms with Gasteiger partial charge in [-0.1, -0.05) is 12.2 Å². The van der Waals surface area contributed by atoms with Crippen molar-refractivity contribution in [1.82, 2.24) is 0 Å². The zero-order valence-corrected chi connectivity index (χ0v) is 10.2. The molecule has 0 aliphatic heterocycles. The van der Waals surface area contributed by atoms with Crippen LogP contribution in [0.15, 0.2) is 12.2 Å². The standard InChI is InChI=1S/C10H19O4P/c1-3-13-15(11,14-4-2)9-12-10-7-5-6-8-10/h5-6,10H,3-4,7-9H2,1-2H3. The molecule has 4 nitrogen and oxygen atoms in total. The van der Waals surface area contributed by atoms with Gasteiger partial charge in [0, 0.05) is 0 Å². The second-order valence-electron chi connectivity index (χ2n) is 3.31. The molecular formula is C10H19O4P. The van der Waals surface area contributed by atoms with Crippen molar-refractivity contribution in [2.75, 3.05) is 19.6 Å². The van der Waals surface area contributed by atoms with Crippen molar-refractivity contribution in [2.24, 2.45) is 0 Å². The molecule has 0 heterocycles. The zero-order chi connectivity index (χ0) is 11.1. The van der Waals surface area contributed by atoms with Crippen LogP contribution in [0.1, 0.15) is 26.7 Å². The van der Waals surface area contributed by atoms with Crippen molar-refractivity contribution in [1.29, 1.82) is 0 Å². The van der Waals surface area contributed by atoms with E-state index in [1.807, 2.05) is 0 Å². The third-order valence-electron chi connectivity index (χ3n) is 2.08. The summed E-state index contributed by atoms with van der Waals surface area (Å²) in [6, 6.07) is 0. The van der Waals surface area contributed by atoms with Gasteiger partial charge >= 0.3 is 7.60 Å². The molecule has 1 aliphatic carbocycles. The van der Waals surface area contributed by atoms with Gasteiger partial charge < -0.3 is 13.8 Å². The van der Waals surface area contributed by atoms with Crippen LogP contribution in [0, 0.1) is 0 Å². The van der Waals surface area contributed by atoms with E-state index in [4.69, 9.17) is 13.8 Å². The molecule has 0 aromatic carbocycles.